The number of aromatic nitrogens is 2. The van der Waals surface area contributed by atoms with Crippen molar-refractivity contribution in [2.75, 3.05) is 0 Å². The SMILES string of the molecule is CCCCn1cc(C(CC)(c2ccccc2)C(C)(C)C(N)=O)c(C#N)n1. The average molecular weight is 352 g/mol. The Labute approximate surface area is 155 Å². The molecule has 1 aromatic carbocycles. The molecule has 1 amide bonds. The van der Waals surface area contributed by atoms with Crippen molar-refractivity contribution in [1.29, 1.82) is 5.26 Å². The van der Waals surface area contributed by atoms with Crippen molar-refractivity contribution in [3.05, 3.63) is 53.3 Å². The molecule has 0 aliphatic carbocycles. The normalized spacial score (nSPS) is 13.8. The molecule has 0 saturated carbocycles. The Hall–Kier alpha value is -2.61. The fraction of sp³-hybridized carbons (Fsp3) is 0.476. The minimum atomic E-state index is -0.896. The average Bonchev–Trinajstić information content (AvgIpc) is 3.05. The number of amides is 1. The van der Waals surface area contributed by atoms with Crippen LogP contribution in [0.4, 0.5) is 0 Å². The zero-order chi connectivity index (χ0) is 19.4. The van der Waals surface area contributed by atoms with Crippen molar-refractivity contribution in [2.45, 2.75) is 58.9 Å². The van der Waals surface area contributed by atoms with Gasteiger partial charge in [0.2, 0.25) is 5.91 Å². The number of benzene rings is 1. The number of hydrogen-bond donors (Lipinski definition) is 1. The molecule has 5 nitrogen and oxygen atoms in total. The van der Waals surface area contributed by atoms with E-state index in [0.717, 1.165) is 30.5 Å². The van der Waals surface area contributed by atoms with Gasteiger partial charge in [0.15, 0.2) is 5.69 Å². The van der Waals surface area contributed by atoms with Crippen LogP contribution in [-0.4, -0.2) is 15.7 Å². The summed E-state index contributed by atoms with van der Waals surface area (Å²) in [6.07, 6.45) is 4.58. The Kier molecular flexibility index (Phi) is 5.86. The van der Waals surface area contributed by atoms with Crippen LogP contribution in [0.5, 0.6) is 0 Å². The molecule has 0 bridgehead atoms. The highest BCUT2D eigenvalue weighted by molar-refractivity contribution is 5.83. The molecule has 0 saturated heterocycles. The van der Waals surface area contributed by atoms with E-state index < -0.39 is 16.7 Å². The van der Waals surface area contributed by atoms with Crippen LogP contribution in [0.15, 0.2) is 36.5 Å². The van der Waals surface area contributed by atoms with Gasteiger partial charge in [-0.3, -0.25) is 9.48 Å². The lowest BCUT2D eigenvalue weighted by Crippen LogP contribution is -2.50. The van der Waals surface area contributed by atoms with Crippen LogP contribution in [0, 0.1) is 16.7 Å². The fourth-order valence-corrected chi connectivity index (χ4v) is 3.87. The van der Waals surface area contributed by atoms with Crippen LogP contribution >= 0.6 is 0 Å². The first-order valence-electron chi connectivity index (χ1n) is 9.18. The van der Waals surface area contributed by atoms with Gasteiger partial charge in [0.25, 0.3) is 0 Å². The van der Waals surface area contributed by atoms with Gasteiger partial charge in [-0.2, -0.15) is 10.4 Å². The van der Waals surface area contributed by atoms with Gasteiger partial charge in [-0.15, -0.1) is 0 Å². The first-order chi connectivity index (χ1) is 12.3. The Balaban J connectivity index is 2.79. The van der Waals surface area contributed by atoms with Gasteiger partial charge in [0.05, 0.1) is 5.41 Å². The monoisotopic (exact) mass is 352 g/mol. The topological polar surface area (TPSA) is 84.7 Å². The van der Waals surface area contributed by atoms with E-state index in [1.807, 2.05) is 62.0 Å². The van der Waals surface area contributed by atoms with E-state index in [9.17, 15) is 10.1 Å². The van der Waals surface area contributed by atoms with Crippen molar-refractivity contribution >= 4 is 5.91 Å². The van der Waals surface area contributed by atoms with E-state index in [0.29, 0.717) is 12.1 Å². The van der Waals surface area contributed by atoms with E-state index >= 15 is 0 Å². The number of hydrogen-bond acceptors (Lipinski definition) is 3. The third kappa shape index (κ3) is 3.12. The van der Waals surface area contributed by atoms with Crippen LogP contribution in [0.2, 0.25) is 0 Å². The van der Waals surface area contributed by atoms with Gasteiger partial charge >= 0.3 is 0 Å². The number of nitrogens with two attached hydrogens (primary N) is 1. The first kappa shape index (κ1) is 19.7. The van der Waals surface area contributed by atoms with E-state index in [-0.39, 0.29) is 0 Å². The van der Waals surface area contributed by atoms with E-state index in [4.69, 9.17) is 5.73 Å². The highest BCUT2D eigenvalue weighted by Crippen LogP contribution is 2.50. The molecule has 0 spiro atoms. The van der Waals surface area contributed by atoms with Gasteiger partial charge in [0, 0.05) is 23.7 Å². The summed E-state index contributed by atoms with van der Waals surface area (Å²) in [6, 6.07) is 12.1. The fourth-order valence-electron chi connectivity index (χ4n) is 3.87. The lowest BCUT2D eigenvalue weighted by Gasteiger charge is -2.44. The second kappa shape index (κ2) is 7.74. The molecule has 0 aliphatic rings. The van der Waals surface area contributed by atoms with Crippen LogP contribution < -0.4 is 5.73 Å². The summed E-state index contributed by atoms with van der Waals surface area (Å²) >= 11 is 0. The zero-order valence-electron chi connectivity index (χ0n) is 16.1. The van der Waals surface area contributed by atoms with E-state index in [1.54, 1.807) is 0 Å². The summed E-state index contributed by atoms with van der Waals surface area (Å²) in [4.78, 5) is 12.5. The highest BCUT2D eigenvalue weighted by atomic mass is 16.1. The number of unbranched alkanes of at least 4 members (excludes halogenated alkanes) is 1. The lowest BCUT2D eigenvalue weighted by atomic mass is 9.56. The van der Waals surface area contributed by atoms with Crippen LogP contribution in [0.3, 0.4) is 0 Å². The maximum Gasteiger partial charge on any atom is 0.224 e. The number of nitrogens with zero attached hydrogens (tertiary/aromatic N) is 3. The summed E-state index contributed by atoms with van der Waals surface area (Å²) in [5, 5.41) is 14.2. The van der Waals surface area contributed by atoms with Crippen LogP contribution in [-0.2, 0) is 16.8 Å². The molecule has 1 heterocycles. The predicted octanol–water partition coefficient (Wildman–Crippen LogP) is 3.76. The molecule has 26 heavy (non-hydrogen) atoms. The number of carbonyl (C=O) groups is 1. The van der Waals surface area contributed by atoms with Crippen molar-refractivity contribution in [3.63, 3.8) is 0 Å². The number of rotatable bonds is 8. The highest BCUT2D eigenvalue weighted by Gasteiger charge is 2.52. The van der Waals surface area contributed by atoms with Gasteiger partial charge in [-0.1, -0.05) is 50.6 Å². The van der Waals surface area contributed by atoms with E-state index in [2.05, 4.69) is 18.1 Å². The molecule has 2 N–H and O–H groups in total. The van der Waals surface area contributed by atoms with Crippen molar-refractivity contribution in [2.24, 2.45) is 11.1 Å². The third-order valence-corrected chi connectivity index (χ3v) is 5.55. The first-order valence-corrected chi connectivity index (χ1v) is 9.18. The molecule has 1 unspecified atom stereocenters. The maximum absolute atomic E-state index is 12.5. The molecule has 0 aliphatic heterocycles. The molecular formula is C21H28N4O. The predicted molar refractivity (Wildman–Crippen MR) is 102 cm³/mol. The lowest BCUT2D eigenvalue weighted by molar-refractivity contribution is -0.129. The quantitative estimate of drug-likeness (QED) is 0.785. The Morgan fingerprint density at radius 2 is 1.92 bits per heavy atom. The molecular weight excluding hydrogens is 324 g/mol. The van der Waals surface area contributed by atoms with Crippen molar-refractivity contribution in [1.82, 2.24) is 9.78 Å². The molecule has 1 aromatic heterocycles. The maximum atomic E-state index is 12.5. The molecule has 0 radical (unpaired) electrons. The zero-order valence-corrected chi connectivity index (χ0v) is 16.1. The summed E-state index contributed by atoms with van der Waals surface area (Å²) in [6.45, 7) is 8.61. The molecule has 2 aromatic rings. The minimum Gasteiger partial charge on any atom is -0.369 e. The van der Waals surface area contributed by atoms with Crippen LogP contribution in [0.1, 0.15) is 63.8 Å². The number of primary amides is 1. The van der Waals surface area contributed by atoms with Gasteiger partial charge in [0.1, 0.15) is 6.07 Å². The molecule has 0 fully saturated rings. The second-order valence-electron chi connectivity index (χ2n) is 7.23. The van der Waals surface area contributed by atoms with Crippen molar-refractivity contribution in [3.8, 4) is 6.07 Å². The largest absolute Gasteiger partial charge is 0.369 e. The van der Waals surface area contributed by atoms with Crippen LogP contribution in [0.25, 0.3) is 0 Å². The minimum absolute atomic E-state index is 0.362. The summed E-state index contributed by atoms with van der Waals surface area (Å²) in [5.41, 5.74) is 6.32. The summed E-state index contributed by atoms with van der Waals surface area (Å²) in [7, 11) is 0. The number of nitriles is 1. The third-order valence-electron chi connectivity index (χ3n) is 5.55. The molecule has 5 heteroatoms. The molecule has 2 rings (SSSR count). The Morgan fingerprint density at radius 3 is 2.42 bits per heavy atom. The number of carbonyl (C=O) groups excluding carboxylic acids is 1. The standard InChI is InChI=1S/C21H28N4O/c1-5-7-13-25-15-17(18(14-22)24-25)21(6-2,20(3,4)19(23)26)16-11-9-8-10-12-16/h8-12,15H,5-7,13H2,1-4H3,(H2,23,26). The molecule has 1 atom stereocenters. The Bertz CT molecular complexity index is 801. The second-order valence-corrected chi connectivity index (χ2v) is 7.23. The Morgan fingerprint density at radius 1 is 1.27 bits per heavy atom. The molecule has 138 valence electrons. The van der Waals surface area contributed by atoms with Gasteiger partial charge in [-0.25, -0.2) is 0 Å². The van der Waals surface area contributed by atoms with Crippen molar-refractivity contribution < 1.29 is 4.79 Å². The number of aryl methyl sites for hydroxylation is 1. The van der Waals surface area contributed by atoms with Gasteiger partial charge in [-0.05, 0) is 32.3 Å². The summed E-state index contributed by atoms with van der Waals surface area (Å²) < 4.78 is 1.82. The van der Waals surface area contributed by atoms with E-state index in [1.165, 1.54) is 0 Å². The smallest absolute Gasteiger partial charge is 0.224 e. The van der Waals surface area contributed by atoms with Gasteiger partial charge < -0.3 is 5.73 Å². The summed E-state index contributed by atoms with van der Waals surface area (Å²) in [5.74, 6) is -0.395.